The van der Waals surface area contributed by atoms with Crippen LogP contribution < -0.4 is 4.90 Å². The highest BCUT2D eigenvalue weighted by Crippen LogP contribution is 2.39. The van der Waals surface area contributed by atoms with Crippen molar-refractivity contribution in [3.63, 3.8) is 0 Å². The highest BCUT2D eigenvalue weighted by atomic mass is 35.5. The van der Waals surface area contributed by atoms with Crippen LogP contribution in [0, 0.1) is 0 Å². The van der Waals surface area contributed by atoms with E-state index in [0.29, 0.717) is 30.5 Å². The van der Waals surface area contributed by atoms with Crippen molar-refractivity contribution in [3.8, 4) is 0 Å². The van der Waals surface area contributed by atoms with Gasteiger partial charge in [-0.1, -0.05) is 23.7 Å². The first-order chi connectivity index (χ1) is 12.2. The molecule has 1 aromatic heterocycles. The number of fused-ring (bicyclic) bond motifs is 1. The van der Waals surface area contributed by atoms with Crippen LogP contribution in [0.5, 0.6) is 0 Å². The first-order valence-electron chi connectivity index (χ1n) is 8.26. The van der Waals surface area contributed by atoms with Crippen molar-refractivity contribution in [2.24, 2.45) is 0 Å². The van der Waals surface area contributed by atoms with E-state index >= 15 is 0 Å². The number of benzene rings is 1. The molecule has 0 radical (unpaired) electrons. The molecule has 1 amide bonds. The number of amides is 1. The fraction of sp³-hybridized carbons (Fsp3) is 0.263. The summed E-state index contributed by atoms with van der Waals surface area (Å²) in [6, 6.07) is 9.40. The van der Waals surface area contributed by atoms with Crippen LogP contribution in [-0.2, 0) is 9.53 Å². The molecule has 5 nitrogen and oxygen atoms in total. The molecule has 0 N–H and O–H groups in total. The number of ether oxygens (including phenoxy) is 1. The van der Waals surface area contributed by atoms with Gasteiger partial charge in [-0.05, 0) is 29.8 Å². The molecule has 6 heteroatoms. The van der Waals surface area contributed by atoms with Crippen molar-refractivity contribution in [2.45, 2.75) is 0 Å². The van der Waals surface area contributed by atoms with Crippen LogP contribution >= 0.6 is 11.6 Å². The van der Waals surface area contributed by atoms with Gasteiger partial charge in [0.15, 0.2) is 0 Å². The van der Waals surface area contributed by atoms with Gasteiger partial charge in [0, 0.05) is 41.6 Å². The Kier molecular flexibility index (Phi) is 4.53. The number of carbonyl (C=O) groups is 1. The standard InChI is InChI=1S/C19H18ClN3O2/c20-15-3-4-16-17(10-14-2-1-5-21-12-14)19(24)23(18(16)11-15)13-22-6-8-25-9-7-22/h1-5,10-12H,6-9,13H2/b17-10-. The van der Waals surface area contributed by atoms with Gasteiger partial charge in [-0.2, -0.15) is 0 Å². The monoisotopic (exact) mass is 355 g/mol. The molecule has 25 heavy (non-hydrogen) atoms. The fourth-order valence-corrected chi connectivity index (χ4v) is 3.34. The van der Waals surface area contributed by atoms with Crippen LogP contribution in [0.1, 0.15) is 11.1 Å². The highest BCUT2D eigenvalue weighted by Gasteiger charge is 2.33. The zero-order valence-corrected chi connectivity index (χ0v) is 14.4. The maximum atomic E-state index is 13.1. The van der Waals surface area contributed by atoms with Crippen molar-refractivity contribution in [3.05, 3.63) is 58.9 Å². The van der Waals surface area contributed by atoms with Crippen LogP contribution in [0.25, 0.3) is 11.6 Å². The number of hydrogen-bond acceptors (Lipinski definition) is 4. The molecule has 1 saturated heterocycles. The number of aromatic nitrogens is 1. The molecule has 4 rings (SSSR count). The molecule has 128 valence electrons. The van der Waals surface area contributed by atoms with Crippen LogP contribution in [0.3, 0.4) is 0 Å². The molecule has 0 saturated carbocycles. The van der Waals surface area contributed by atoms with E-state index in [1.165, 1.54) is 0 Å². The van der Waals surface area contributed by atoms with Crippen molar-refractivity contribution < 1.29 is 9.53 Å². The number of pyridine rings is 1. The first kappa shape index (κ1) is 16.3. The lowest BCUT2D eigenvalue weighted by atomic mass is 10.1. The zero-order valence-electron chi connectivity index (χ0n) is 13.7. The van der Waals surface area contributed by atoms with Gasteiger partial charge in [0.2, 0.25) is 0 Å². The van der Waals surface area contributed by atoms with Crippen LogP contribution in [0.2, 0.25) is 5.02 Å². The molecule has 1 aromatic carbocycles. The maximum Gasteiger partial charge on any atom is 0.260 e. The highest BCUT2D eigenvalue weighted by molar-refractivity contribution is 6.37. The molecule has 2 aliphatic rings. The summed E-state index contributed by atoms with van der Waals surface area (Å²) in [7, 11) is 0. The van der Waals surface area contributed by atoms with Gasteiger partial charge in [0.1, 0.15) is 0 Å². The predicted octanol–water partition coefficient (Wildman–Crippen LogP) is 2.91. The average molecular weight is 356 g/mol. The Morgan fingerprint density at radius 1 is 1.24 bits per heavy atom. The van der Waals surface area contributed by atoms with Gasteiger partial charge < -0.3 is 4.74 Å². The van der Waals surface area contributed by atoms with E-state index in [1.807, 2.05) is 36.4 Å². The Balaban J connectivity index is 1.71. The Bertz CT molecular complexity index is 817. The lowest BCUT2D eigenvalue weighted by molar-refractivity contribution is -0.113. The second-order valence-electron chi connectivity index (χ2n) is 6.11. The molecule has 0 unspecified atom stereocenters. The Morgan fingerprint density at radius 2 is 2.08 bits per heavy atom. The summed E-state index contributed by atoms with van der Waals surface area (Å²) in [5.74, 6) is -0.00684. The van der Waals surface area contributed by atoms with Crippen molar-refractivity contribution >= 4 is 34.8 Å². The molecule has 0 atom stereocenters. The fourth-order valence-electron chi connectivity index (χ4n) is 3.18. The van der Waals surface area contributed by atoms with Gasteiger partial charge in [-0.25, -0.2) is 0 Å². The molecule has 1 fully saturated rings. The van der Waals surface area contributed by atoms with Gasteiger partial charge in [0.05, 0.1) is 25.6 Å². The quantitative estimate of drug-likeness (QED) is 0.794. The smallest absolute Gasteiger partial charge is 0.260 e. The zero-order chi connectivity index (χ0) is 17.2. The second-order valence-corrected chi connectivity index (χ2v) is 6.55. The lowest BCUT2D eigenvalue weighted by Gasteiger charge is -2.30. The number of carbonyl (C=O) groups excluding carboxylic acids is 1. The molecule has 2 aliphatic heterocycles. The summed E-state index contributed by atoms with van der Waals surface area (Å²) in [6.45, 7) is 3.58. The van der Waals surface area contributed by atoms with Gasteiger partial charge in [-0.15, -0.1) is 0 Å². The third-order valence-electron chi connectivity index (χ3n) is 4.46. The van der Waals surface area contributed by atoms with Crippen LogP contribution in [0.15, 0.2) is 42.7 Å². The van der Waals surface area contributed by atoms with E-state index in [2.05, 4.69) is 9.88 Å². The van der Waals surface area contributed by atoms with Crippen LogP contribution in [-0.4, -0.2) is 48.8 Å². The number of morpholine rings is 1. The molecule has 0 bridgehead atoms. The number of halogens is 1. The lowest BCUT2D eigenvalue weighted by Crippen LogP contribution is -2.45. The van der Waals surface area contributed by atoms with Gasteiger partial charge >= 0.3 is 0 Å². The number of rotatable bonds is 3. The number of anilines is 1. The first-order valence-corrected chi connectivity index (χ1v) is 8.64. The van der Waals surface area contributed by atoms with E-state index in [9.17, 15) is 4.79 Å². The van der Waals surface area contributed by atoms with Gasteiger partial charge in [0.25, 0.3) is 5.91 Å². The molecule has 3 heterocycles. The largest absolute Gasteiger partial charge is 0.379 e. The minimum Gasteiger partial charge on any atom is -0.379 e. The summed E-state index contributed by atoms with van der Waals surface area (Å²) in [5.41, 5.74) is 3.35. The molecule has 0 aliphatic carbocycles. The molecular formula is C19H18ClN3O2. The summed E-state index contributed by atoms with van der Waals surface area (Å²) in [5, 5.41) is 0.626. The van der Waals surface area contributed by atoms with E-state index in [4.69, 9.17) is 16.3 Å². The summed E-state index contributed by atoms with van der Waals surface area (Å²) >= 11 is 6.19. The van der Waals surface area contributed by atoms with E-state index < -0.39 is 0 Å². The Hall–Kier alpha value is -2.21. The maximum absolute atomic E-state index is 13.1. The van der Waals surface area contributed by atoms with E-state index in [0.717, 1.165) is 29.9 Å². The minimum absolute atomic E-state index is 0.00684. The van der Waals surface area contributed by atoms with Crippen molar-refractivity contribution in [1.82, 2.24) is 9.88 Å². The molecule has 2 aromatic rings. The summed E-state index contributed by atoms with van der Waals surface area (Å²) in [4.78, 5) is 21.2. The minimum atomic E-state index is -0.00684. The molecular weight excluding hydrogens is 338 g/mol. The SMILES string of the molecule is O=C1/C(=C\c2cccnc2)c2ccc(Cl)cc2N1CN1CCOCC1. The van der Waals surface area contributed by atoms with Crippen molar-refractivity contribution in [2.75, 3.05) is 37.9 Å². The predicted molar refractivity (Wildman–Crippen MR) is 98.3 cm³/mol. The van der Waals surface area contributed by atoms with E-state index in [1.54, 1.807) is 17.3 Å². The third kappa shape index (κ3) is 3.31. The topological polar surface area (TPSA) is 45.7 Å². The number of nitrogens with zero attached hydrogens (tertiary/aromatic N) is 3. The molecule has 0 spiro atoms. The normalized spacial score (nSPS) is 19.5. The summed E-state index contributed by atoms with van der Waals surface area (Å²) in [6.07, 6.45) is 5.36. The van der Waals surface area contributed by atoms with Crippen LogP contribution in [0.4, 0.5) is 5.69 Å². The third-order valence-corrected chi connectivity index (χ3v) is 4.69. The van der Waals surface area contributed by atoms with Crippen molar-refractivity contribution in [1.29, 1.82) is 0 Å². The number of hydrogen-bond donors (Lipinski definition) is 0. The van der Waals surface area contributed by atoms with Gasteiger partial charge in [-0.3, -0.25) is 19.6 Å². The average Bonchev–Trinajstić information content (AvgIpc) is 2.89. The summed E-state index contributed by atoms with van der Waals surface area (Å²) < 4.78 is 5.40. The second kappa shape index (κ2) is 6.96. The Labute approximate surface area is 151 Å². The Morgan fingerprint density at radius 3 is 2.84 bits per heavy atom. The van der Waals surface area contributed by atoms with E-state index in [-0.39, 0.29) is 5.91 Å².